The molecule has 3 fully saturated rings. The van der Waals surface area contributed by atoms with Crippen LogP contribution in [0.25, 0.3) is 0 Å². The van der Waals surface area contributed by atoms with Crippen LogP contribution in [0.5, 0.6) is 0 Å². The van der Waals surface area contributed by atoms with Gasteiger partial charge in [0.1, 0.15) is 6.10 Å². The van der Waals surface area contributed by atoms with Gasteiger partial charge in [0.05, 0.1) is 18.3 Å². The fraction of sp³-hybridized carbons (Fsp3) is 0.700. The number of pyridine rings is 1. The van der Waals surface area contributed by atoms with Crippen LogP contribution in [-0.4, -0.2) is 59.6 Å². The van der Waals surface area contributed by atoms with Crippen LogP contribution in [0.15, 0.2) is 24.4 Å². The molecule has 3 aliphatic rings. The van der Waals surface area contributed by atoms with Gasteiger partial charge in [-0.15, -0.1) is 0 Å². The number of amides is 1. The van der Waals surface area contributed by atoms with E-state index in [1.165, 1.54) is 38.8 Å². The first kappa shape index (κ1) is 17.0. The minimum atomic E-state index is -0.271. The summed E-state index contributed by atoms with van der Waals surface area (Å²) in [6.07, 6.45) is 7.98. The Balaban J connectivity index is 1.29. The average Bonchev–Trinajstić information content (AvgIpc) is 3.01. The minimum absolute atomic E-state index is 0.102. The molecule has 1 aromatic heterocycles. The van der Waals surface area contributed by atoms with Crippen LogP contribution >= 0.6 is 0 Å². The minimum Gasteiger partial charge on any atom is -0.364 e. The predicted molar refractivity (Wildman–Crippen MR) is 95.9 cm³/mol. The third kappa shape index (κ3) is 3.87. The van der Waals surface area contributed by atoms with Crippen molar-refractivity contribution in [1.29, 1.82) is 0 Å². The van der Waals surface area contributed by atoms with Gasteiger partial charge in [0.25, 0.3) is 5.91 Å². The van der Waals surface area contributed by atoms with Gasteiger partial charge in [0, 0.05) is 26.3 Å². The molecule has 5 nitrogen and oxygen atoms in total. The number of nitrogens with zero attached hydrogens (tertiary/aromatic N) is 3. The molecule has 1 aromatic rings. The number of carbonyl (C=O) groups excluding carboxylic acids is 1. The maximum Gasteiger partial charge on any atom is 0.251 e. The van der Waals surface area contributed by atoms with Crippen molar-refractivity contribution in [2.24, 2.45) is 11.8 Å². The van der Waals surface area contributed by atoms with Crippen molar-refractivity contribution in [3.8, 4) is 0 Å². The molecule has 25 heavy (non-hydrogen) atoms. The van der Waals surface area contributed by atoms with E-state index in [9.17, 15) is 4.79 Å². The zero-order chi connectivity index (χ0) is 17.2. The Labute approximate surface area is 150 Å². The molecule has 0 radical (unpaired) electrons. The Hall–Kier alpha value is -1.46. The Morgan fingerprint density at radius 1 is 1.36 bits per heavy atom. The van der Waals surface area contributed by atoms with Gasteiger partial charge < -0.3 is 14.5 Å². The van der Waals surface area contributed by atoms with E-state index in [0.29, 0.717) is 12.5 Å². The maximum atomic E-state index is 12.8. The van der Waals surface area contributed by atoms with E-state index in [4.69, 9.17) is 4.74 Å². The van der Waals surface area contributed by atoms with Gasteiger partial charge in [0.15, 0.2) is 0 Å². The SMILES string of the molecule is CN(Cc1ccccn1)C(=O)[C@H]1C[C@@H]2CCN(CC3CCC3)C[C@H]2O1. The van der Waals surface area contributed by atoms with Crippen LogP contribution in [0.3, 0.4) is 0 Å². The van der Waals surface area contributed by atoms with Gasteiger partial charge in [-0.3, -0.25) is 9.78 Å². The normalized spacial score (nSPS) is 29.9. The lowest BCUT2D eigenvalue weighted by Gasteiger charge is -2.38. The highest BCUT2D eigenvalue weighted by Gasteiger charge is 2.43. The van der Waals surface area contributed by atoms with Crippen LogP contribution in [0, 0.1) is 11.8 Å². The number of ether oxygens (including phenoxy) is 1. The second kappa shape index (κ2) is 7.42. The number of likely N-dealkylation sites (N-methyl/N-ethyl adjacent to an activating group) is 1. The van der Waals surface area contributed by atoms with Gasteiger partial charge in [-0.05, 0) is 56.2 Å². The molecule has 1 aliphatic carbocycles. The van der Waals surface area contributed by atoms with Crippen molar-refractivity contribution in [2.45, 2.75) is 50.9 Å². The van der Waals surface area contributed by atoms with Gasteiger partial charge in [-0.2, -0.15) is 0 Å². The largest absolute Gasteiger partial charge is 0.364 e. The molecular formula is C20H29N3O2. The first-order valence-electron chi connectivity index (χ1n) is 9.72. The molecule has 0 bridgehead atoms. The van der Waals surface area contributed by atoms with Crippen LogP contribution in [0.4, 0.5) is 0 Å². The molecule has 1 saturated carbocycles. The van der Waals surface area contributed by atoms with Crippen molar-refractivity contribution in [1.82, 2.24) is 14.8 Å². The highest BCUT2D eigenvalue weighted by Crippen LogP contribution is 2.35. The lowest BCUT2D eigenvalue weighted by Crippen LogP contribution is -2.45. The van der Waals surface area contributed by atoms with Crippen molar-refractivity contribution in [3.05, 3.63) is 30.1 Å². The summed E-state index contributed by atoms with van der Waals surface area (Å²) in [4.78, 5) is 21.4. The lowest BCUT2D eigenvalue weighted by molar-refractivity contribution is -0.143. The summed E-state index contributed by atoms with van der Waals surface area (Å²) < 4.78 is 6.20. The number of hydrogen-bond acceptors (Lipinski definition) is 4. The highest BCUT2D eigenvalue weighted by atomic mass is 16.5. The van der Waals surface area contributed by atoms with E-state index in [0.717, 1.165) is 24.6 Å². The van der Waals surface area contributed by atoms with E-state index in [-0.39, 0.29) is 18.1 Å². The van der Waals surface area contributed by atoms with Crippen molar-refractivity contribution >= 4 is 5.91 Å². The number of piperidine rings is 1. The Bertz CT molecular complexity index is 590. The topological polar surface area (TPSA) is 45.7 Å². The number of rotatable bonds is 5. The molecule has 136 valence electrons. The Morgan fingerprint density at radius 2 is 2.24 bits per heavy atom. The first-order chi connectivity index (χ1) is 12.2. The smallest absolute Gasteiger partial charge is 0.251 e. The average molecular weight is 343 g/mol. The molecule has 1 amide bonds. The summed E-state index contributed by atoms with van der Waals surface area (Å²) in [5.41, 5.74) is 0.917. The zero-order valence-corrected chi connectivity index (χ0v) is 15.1. The molecule has 4 rings (SSSR count). The first-order valence-corrected chi connectivity index (χ1v) is 9.72. The standard InChI is InChI=1S/C20H29N3O2/c1-22(13-17-7-2-3-9-21-17)20(24)18-11-16-8-10-23(14-19(16)25-18)12-15-5-4-6-15/h2-3,7,9,15-16,18-19H,4-6,8,10-14H2,1H3/t16-,18+,19+/m0/s1. The fourth-order valence-corrected chi connectivity index (χ4v) is 4.42. The van der Waals surface area contributed by atoms with Crippen molar-refractivity contribution in [2.75, 3.05) is 26.7 Å². The molecule has 0 unspecified atom stereocenters. The van der Waals surface area contributed by atoms with Crippen molar-refractivity contribution < 1.29 is 9.53 Å². The monoisotopic (exact) mass is 343 g/mol. The Morgan fingerprint density at radius 3 is 2.96 bits per heavy atom. The molecule has 0 N–H and O–H groups in total. The summed E-state index contributed by atoms with van der Waals surface area (Å²) in [5, 5.41) is 0. The van der Waals surface area contributed by atoms with E-state index < -0.39 is 0 Å². The lowest BCUT2D eigenvalue weighted by atomic mass is 9.84. The van der Waals surface area contributed by atoms with Crippen LogP contribution in [-0.2, 0) is 16.1 Å². The number of fused-ring (bicyclic) bond motifs is 1. The summed E-state index contributed by atoms with van der Waals surface area (Å²) in [6, 6.07) is 5.81. The number of hydrogen-bond donors (Lipinski definition) is 0. The number of carbonyl (C=O) groups is 1. The van der Waals surface area contributed by atoms with Gasteiger partial charge >= 0.3 is 0 Å². The molecule has 3 atom stereocenters. The summed E-state index contributed by atoms with van der Waals surface area (Å²) >= 11 is 0. The van der Waals surface area contributed by atoms with Crippen LogP contribution < -0.4 is 0 Å². The summed E-state index contributed by atoms with van der Waals surface area (Å²) in [5.74, 6) is 1.56. The molecule has 2 aliphatic heterocycles. The van der Waals surface area contributed by atoms with E-state index in [1.54, 1.807) is 11.1 Å². The molecular weight excluding hydrogens is 314 g/mol. The molecule has 5 heteroatoms. The van der Waals surface area contributed by atoms with Gasteiger partial charge in [0.2, 0.25) is 0 Å². The third-order valence-electron chi connectivity index (χ3n) is 6.15. The van der Waals surface area contributed by atoms with Crippen molar-refractivity contribution in [3.63, 3.8) is 0 Å². The Kier molecular flexibility index (Phi) is 5.04. The summed E-state index contributed by atoms with van der Waals surface area (Å²) in [7, 11) is 1.85. The van der Waals surface area contributed by atoms with Gasteiger partial charge in [-0.1, -0.05) is 12.5 Å². The quantitative estimate of drug-likeness (QED) is 0.823. The zero-order valence-electron chi connectivity index (χ0n) is 15.1. The van der Waals surface area contributed by atoms with E-state index in [2.05, 4.69) is 9.88 Å². The molecule has 2 saturated heterocycles. The number of likely N-dealkylation sites (tertiary alicyclic amines) is 1. The maximum absolute atomic E-state index is 12.8. The van der Waals surface area contributed by atoms with Crippen LogP contribution in [0.2, 0.25) is 0 Å². The predicted octanol–water partition coefficient (Wildman–Crippen LogP) is 2.32. The fourth-order valence-electron chi connectivity index (χ4n) is 4.42. The second-order valence-electron chi connectivity index (χ2n) is 8.02. The van der Waals surface area contributed by atoms with Gasteiger partial charge in [-0.25, -0.2) is 0 Å². The second-order valence-corrected chi connectivity index (χ2v) is 8.02. The van der Waals surface area contributed by atoms with Crippen LogP contribution in [0.1, 0.15) is 37.8 Å². The third-order valence-corrected chi connectivity index (χ3v) is 6.15. The van der Waals surface area contributed by atoms with E-state index >= 15 is 0 Å². The number of aromatic nitrogens is 1. The molecule has 0 spiro atoms. The highest BCUT2D eigenvalue weighted by molar-refractivity contribution is 5.81. The van der Waals surface area contributed by atoms with E-state index in [1.807, 2.05) is 25.2 Å². The molecule has 0 aromatic carbocycles. The summed E-state index contributed by atoms with van der Waals surface area (Å²) in [6.45, 7) is 3.95. The molecule has 3 heterocycles.